The van der Waals surface area contributed by atoms with E-state index in [0.29, 0.717) is 17.0 Å². The van der Waals surface area contributed by atoms with Crippen molar-refractivity contribution >= 4 is 11.6 Å². The van der Waals surface area contributed by atoms with Gasteiger partial charge in [0.1, 0.15) is 11.6 Å². The standard InChI is InChI=1S/C16H21ClF2/c1-11-8-13(16(19)10-15(11)18)14(17)9-12-6-4-2-3-5-7-12/h8,10,12,14H,2-7,9H2,1H3. The maximum atomic E-state index is 13.8. The summed E-state index contributed by atoms with van der Waals surface area (Å²) in [4.78, 5) is 0. The molecule has 0 nitrogen and oxygen atoms in total. The van der Waals surface area contributed by atoms with E-state index >= 15 is 0 Å². The Morgan fingerprint density at radius 2 is 1.74 bits per heavy atom. The predicted octanol–water partition coefficient (Wildman–Crippen LogP) is 5.91. The molecule has 0 radical (unpaired) electrons. The second kappa shape index (κ2) is 6.69. The Morgan fingerprint density at radius 3 is 2.37 bits per heavy atom. The molecule has 0 aromatic heterocycles. The van der Waals surface area contributed by atoms with Crippen molar-refractivity contribution in [1.82, 2.24) is 0 Å². The summed E-state index contributed by atoms with van der Waals surface area (Å²) in [5, 5.41) is -0.345. The summed E-state index contributed by atoms with van der Waals surface area (Å²) in [6.07, 6.45) is 8.26. The van der Waals surface area contributed by atoms with Gasteiger partial charge in [0.15, 0.2) is 0 Å². The van der Waals surface area contributed by atoms with Gasteiger partial charge >= 0.3 is 0 Å². The highest BCUT2D eigenvalue weighted by atomic mass is 35.5. The zero-order chi connectivity index (χ0) is 13.8. The second-order valence-electron chi connectivity index (χ2n) is 5.68. The van der Waals surface area contributed by atoms with Crippen LogP contribution in [0.4, 0.5) is 8.78 Å². The molecular formula is C16H21ClF2. The Balaban J connectivity index is 2.06. The molecule has 19 heavy (non-hydrogen) atoms. The van der Waals surface area contributed by atoms with Crippen LogP contribution in [-0.2, 0) is 0 Å². The topological polar surface area (TPSA) is 0 Å². The molecule has 1 aromatic rings. The highest BCUT2D eigenvalue weighted by Crippen LogP contribution is 2.36. The van der Waals surface area contributed by atoms with Crippen LogP contribution in [0.25, 0.3) is 0 Å². The minimum Gasteiger partial charge on any atom is -0.207 e. The molecule has 1 saturated carbocycles. The molecule has 0 heterocycles. The van der Waals surface area contributed by atoms with E-state index in [-0.39, 0.29) is 5.38 Å². The number of benzene rings is 1. The van der Waals surface area contributed by atoms with E-state index in [4.69, 9.17) is 11.6 Å². The molecule has 0 amide bonds. The van der Waals surface area contributed by atoms with Crippen molar-refractivity contribution in [2.45, 2.75) is 57.2 Å². The van der Waals surface area contributed by atoms with Crippen LogP contribution in [0.15, 0.2) is 12.1 Å². The van der Waals surface area contributed by atoms with E-state index < -0.39 is 11.6 Å². The average Bonchev–Trinajstić information content (AvgIpc) is 2.62. The quantitative estimate of drug-likeness (QED) is 0.478. The molecular weight excluding hydrogens is 266 g/mol. The molecule has 1 aromatic carbocycles. The number of alkyl halides is 1. The first-order valence-corrected chi connectivity index (χ1v) is 7.61. The van der Waals surface area contributed by atoms with E-state index in [9.17, 15) is 8.78 Å². The van der Waals surface area contributed by atoms with Gasteiger partial charge in [-0.25, -0.2) is 8.78 Å². The van der Waals surface area contributed by atoms with E-state index in [1.807, 2.05) is 0 Å². The summed E-state index contributed by atoms with van der Waals surface area (Å²) in [6, 6.07) is 2.51. The smallest absolute Gasteiger partial charge is 0.130 e. The van der Waals surface area contributed by atoms with Crippen LogP contribution in [0.5, 0.6) is 0 Å². The van der Waals surface area contributed by atoms with Gasteiger partial charge in [0.05, 0.1) is 5.38 Å². The minimum absolute atomic E-state index is 0.345. The van der Waals surface area contributed by atoms with Crippen molar-refractivity contribution in [3.63, 3.8) is 0 Å². The Bertz CT molecular complexity index is 423. The normalized spacial score (nSPS) is 19.2. The molecule has 0 N–H and O–H groups in total. The van der Waals surface area contributed by atoms with E-state index in [1.165, 1.54) is 38.5 Å². The third-order valence-corrected chi connectivity index (χ3v) is 4.54. The summed E-state index contributed by atoms with van der Waals surface area (Å²) in [5.41, 5.74) is 0.910. The summed E-state index contributed by atoms with van der Waals surface area (Å²) in [7, 11) is 0. The molecule has 3 heteroatoms. The summed E-state index contributed by atoms with van der Waals surface area (Å²) in [6.45, 7) is 1.65. The van der Waals surface area contributed by atoms with Gasteiger partial charge in [0, 0.05) is 11.6 Å². The first kappa shape index (κ1) is 14.8. The van der Waals surface area contributed by atoms with Crippen molar-refractivity contribution in [3.05, 3.63) is 34.9 Å². The minimum atomic E-state index is -0.517. The van der Waals surface area contributed by atoms with Crippen molar-refractivity contribution in [2.75, 3.05) is 0 Å². The zero-order valence-electron chi connectivity index (χ0n) is 11.4. The molecule has 0 saturated heterocycles. The van der Waals surface area contributed by atoms with Crippen LogP contribution in [-0.4, -0.2) is 0 Å². The molecule has 0 spiro atoms. The highest BCUT2D eigenvalue weighted by molar-refractivity contribution is 6.20. The first-order valence-electron chi connectivity index (χ1n) is 7.17. The molecule has 1 aliphatic rings. The van der Waals surface area contributed by atoms with Gasteiger partial charge in [0.25, 0.3) is 0 Å². The van der Waals surface area contributed by atoms with Crippen molar-refractivity contribution < 1.29 is 8.78 Å². The molecule has 2 rings (SSSR count). The lowest BCUT2D eigenvalue weighted by Crippen LogP contribution is -2.06. The summed E-state index contributed by atoms with van der Waals surface area (Å²) in [5.74, 6) is -0.439. The lowest BCUT2D eigenvalue weighted by Gasteiger charge is -2.19. The highest BCUT2D eigenvalue weighted by Gasteiger charge is 2.21. The van der Waals surface area contributed by atoms with Gasteiger partial charge in [-0.15, -0.1) is 11.6 Å². The monoisotopic (exact) mass is 286 g/mol. The lowest BCUT2D eigenvalue weighted by atomic mass is 9.92. The molecule has 1 fully saturated rings. The van der Waals surface area contributed by atoms with Crippen LogP contribution in [0.3, 0.4) is 0 Å². The number of aryl methyl sites for hydroxylation is 1. The van der Waals surface area contributed by atoms with E-state index in [1.54, 1.807) is 13.0 Å². The van der Waals surface area contributed by atoms with Gasteiger partial charge in [-0.3, -0.25) is 0 Å². The molecule has 0 bridgehead atoms. The first-order chi connectivity index (χ1) is 9.08. The number of hydrogen-bond acceptors (Lipinski definition) is 0. The van der Waals surface area contributed by atoms with Gasteiger partial charge in [-0.2, -0.15) is 0 Å². The van der Waals surface area contributed by atoms with Gasteiger partial charge in [-0.05, 0) is 30.9 Å². The summed E-state index contributed by atoms with van der Waals surface area (Å²) >= 11 is 6.36. The Labute approximate surface area is 119 Å². The molecule has 1 unspecified atom stereocenters. The van der Waals surface area contributed by atoms with Crippen molar-refractivity contribution in [3.8, 4) is 0 Å². The maximum absolute atomic E-state index is 13.8. The SMILES string of the molecule is Cc1cc(C(Cl)CC2CCCCCC2)c(F)cc1F. The lowest BCUT2D eigenvalue weighted by molar-refractivity contribution is 0.418. The second-order valence-corrected chi connectivity index (χ2v) is 6.21. The Morgan fingerprint density at radius 1 is 1.11 bits per heavy atom. The molecule has 106 valence electrons. The third kappa shape index (κ3) is 3.92. The van der Waals surface area contributed by atoms with Gasteiger partial charge in [-0.1, -0.05) is 38.5 Å². The Hall–Kier alpha value is -0.630. The van der Waals surface area contributed by atoms with Gasteiger partial charge in [0.2, 0.25) is 0 Å². The van der Waals surface area contributed by atoms with Crippen molar-refractivity contribution in [1.29, 1.82) is 0 Å². The molecule has 1 aliphatic carbocycles. The number of hydrogen-bond donors (Lipinski definition) is 0. The fourth-order valence-electron chi connectivity index (χ4n) is 2.94. The van der Waals surface area contributed by atoms with E-state index in [2.05, 4.69) is 0 Å². The van der Waals surface area contributed by atoms with Gasteiger partial charge < -0.3 is 0 Å². The third-order valence-electron chi connectivity index (χ3n) is 4.13. The fourth-order valence-corrected chi connectivity index (χ4v) is 3.36. The zero-order valence-corrected chi connectivity index (χ0v) is 12.1. The van der Waals surface area contributed by atoms with Crippen LogP contribution < -0.4 is 0 Å². The predicted molar refractivity (Wildman–Crippen MR) is 75.5 cm³/mol. The largest absolute Gasteiger partial charge is 0.207 e. The summed E-state index contributed by atoms with van der Waals surface area (Å²) < 4.78 is 27.0. The van der Waals surface area contributed by atoms with Crippen molar-refractivity contribution in [2.24, 2.45) is 5.92 Å². The Kier molecular flexibility index (Phi) is 5.20. The maximum Gasteiger partial charge on any atom is 0.130 e. The molecule has 1 atom stereocenters. The van der Waals surface area contributed by atoms with Crippen LogP contribution in [0.2, 0.25) is 0 Å². The van der Waals surface area contributed by atoms with Crippen LogP contribution in [0.1, 0.15) is 61.4 Å². The van der Waals surface area contributed by atoms with Crippen LogP contribution >= 0.6 is 11.6 Å². The number of halogens is 3. The average molecular weight is 287 g/mol. The number of rotatable bonds is 3. The molecule has 0 aliphatic heterocycles. The fraction of sp³-hybridized carbons (Fsp3) is 0.625. The van der Waals surface area contributed by atoms with Crippen LogP contribution in [0, 0.1) is 24.5 Å². The van der Waals surface area contributed by atoms with E-state index in [0.717, 1.165) is 12.5 Å².